The zero-order chi connectivity index (χ0) is 97.9. The normalized spacial score (nSPS) is 17.7. The largest absolute Gasteiger partial charge is 1.00 e. The van der Waals surface area contributed by atoms with Crippen LogP contribution in [0.1, 0.15) is 263 Å². The topological polar surface area (TPSA) is 402 Å². The molecule has 743 valence electrons. The molecule has 19 rings (SSSR count). The molecule has 140 heavy (non-hydrogen) atoms. The molecule has 0 spiro atoms. The summed E-state index contributed by atoms with van der Waals surface area (Å²) in [5, 5.41) is 45.6. The predicted molar refractivity (Wildman–Crippen MR) is 556 cm³/mol. The zero-order valence-electron chi connectivity index (χ0n) is 85.2. The maximum Gasteiger partial charge on any atom is 1.00 e. The summed E-state index contributed by atoms with van der Waals surface area (Å²) in [6.07, 6.45) is 34.5. The van der Waals surface area contributed by atoms with Crippen molar-refractivity contribution in [3.05, 3.63) is 149 Å². The number of Topliss-reactive ketones (excluding diaryl/α,β-unsaturated/α-hetero) is 1. The summed E-state index contributed by atoms with van der Waals surface area (Å²) < 4.78 is 72.1. The summed E-state index contributed by atoms with van der Waals surface area (Å²) in [4.78, 5) is 79.3. The monoisotopic (exact) mass is 2300 g/mol. The van der Waals surface area contributed by atoms with Gasteiger partial charge in [-0.15, -0.1) is 68.0 Å². The molecule has 4 fully saturated rings. The van der Waals surface area contributed by atoms with Crippen LogP contribution in [-0.2, 0) is 53.1 Å². The minimum absolute atomic E-state index is 0. The molecular formula is C94H126BBr3K2LiN15NaO16S7. The van der Waals surface area contributed by atoms with Crippen molar-refractivity contribution in [1.82, 2.24) is 70.2 Å². The van der Waals surface area contributed by atoms with Gasteiger partial charge < -0.3 is 48.9 Å². The minimum atomic E-state index is -4.02. The molecule has 31 nitrogen and oxygen atoms in total. The molecule has 5 N–H and O–H groups in total. The summed E-state index contributed by atoms with van der Waals surface area (Å²) in [5.41, 5.74) is 7.70. The number of aromatic nitrogens is 12. The van der Waals surface area contributed by atoms with Gasteiger partial charge >= 0.3 is 163 Å². The first-order valence-corrected chi connectivity index (χ1v) is 53.9. The molecule has 5 unspecified atom stereocenters. The Bertz CT molecular complexity index is 5980. The first-order valence-electron chi connectivity index (χ1n) is 45.2. The molecule has 1 aromatic carbocycles. The number of piperidine rings is 2. The molecule has 18 heterocycles. The molecule has 0 bridgehead atoms. The Hall–Kier alpha value is -3.20. The van der Waals surface area contributed by atoms with Gasteiger partial charge in [-0.25, -0.2) is 19.1 Å². The number of nitrogens with one attached hydrogen (secondary N) is 4. The number of aryl methyl sites for hydroxylation is 1. The number of aromatic amines is 3. The number of hydrogen-bond donors (Lipinski definition) is 5. The Morgan fingerprint density at radius 2 is 1.19 bits per heavy atom. The van der Waals surface area contributed by atoms with Crippen LogP contribution in [0.4, 0.5) is 4.79 Å². The van der Waals surface area contributed by atoms with Crippen LogP contribution in [0.3, 0.4) is 0 Å². The molecule has 46 heteroatoms. The summed E-state index contributed by atoms with van der Waals surface area (Å²) in [6, 6.07) is 18.9. The average Bonchev–Trinajstić information content (AvgIpc) is 1.65. The third kappa shape index (κ3) is 43.8. The smallest absolute Gasteiger partial charge is 1.00 e. The van der Waals surface area contributed by atoms with E-state index in [4.69, 9.17) is 38.3 Å². The van der Waals surface area contributed by atoms with Crippen LogP contribution in [0, 0.1) is 37.5 Å². The number of ketones is 1. The average molecular weight is 2310 g/mol. The van der Waals surface area contributed by atoms with E-state index in [1.165, 1.54) is 137 Å². The van der Waals surface area contributed by atoms with Gasteiger partial charge in [0.05, 0.1) is 143 Å². The number of hydrogen-bond acceptors (Lipinski definition) is 29. The molecule has 2 amide bonds. The van der Waals surface area contributed by atoms with Gasteiger partial charge in [-0.1, -0.05) is 58.7 Å². The van der Waals surface area contributed by atoms with E-state index in [-0.39, 0.29) is 210 Å². The maximum absolute atomic E-state index is 12.7. The fourth-order valence-electron chi connectivity index (χ4n) is 14.0. The summed E-state index contributed by atoms with van der Waals surface area (Å²) in [6.45, 7) is 33.7. The fourth-order valence-corrected chi connectivity index (χ4v) is 22.0. The fraction of sp³-hybridized carbons (Fsp3) is 0.511. The van der Waals surface area contributed by atoms with E-state index in [0.29, 0.717) is 43.7 Å². The molecule has 4 saturated heterocycles. The quantitative estimate of drug-likeness (QED) is 0.00986. The number of imide groups is 1. The van der Waals surface area contributed by atoms with Crippen LogP contribution in [-0.4, -0.2) is 179 Å². The van der Waals surface area contributed by atoms with Gasteiger partial charge in [-0.05, 0) is 277 Å². The molecule has 0 aliphatic carbocycles. The number of likely N-dealkylation sites (tertiary alicyclic amines) is 1. The summed E-state index contributed by atoms with van der Waals surface area (Å²) in [5.74, 6) is 2.05. The Kier molecular flexibility index (Phi) is 60.6. The van der Waals surface area contributed by atoms with Crippen LogP contribution >= 0.6 is 116 Å². The number of nitrogens with zero attached hydrogens (tertiary/aromatic N) is 11. The number of amides is 2. The number of benzene rings is 1. The number of H-pyrrole nitrogens is 3. The third-order valence-electron chi connectivity index (χ3n) is 21.3. The second kappa shape index (κ2) is 65.7. The Balaban J connectivity index is 0.000000544. The van der Waals surface area contributed by atoms with Crippen LogP contribution in [0.25, 0.3) is 61.3 Å². The number of ether oxygens (including phenoxy) is 5. The van der Waals surface area contributed by atoms with E-state index < -0.39 is 27.4 Å². The van der Waals surface area contributed by atoms with Crippen LogP contribution < -0.4 is 162 Å². The van der Waals surface area contributed by atoms with E-state index in [2.05, 4.69) is 162 Å². The van der Waals surface area contributed by atoms with Gasteiger partial charge in [0.1, 0.15) is 11.2 Å². The molecule has 13 aromatic rings. The number of fused-ring (bicyclic) bond motifs is 6. The Morgan fingerprint density at radius 3 is 1.66 bits per heavy atom. The number of carbonyl (C=O) groups is 6. The second-order valence-electron chi connectivity index (χ2n) is 35.2. The van der Waals surface area contributed by atoms with Crippen molar-refractivity contribution in [3.63, 3.8) is 0 Å². The van der Waals surface area contributed by atoms with Gasteiger partial charge in [0.15, 0.2) is 18.2 Å². The standard InChI is InChI=1S/C22H32N2O4S.C11H15N3S.C11H13N3S.C11H19NO3.C10H11BrN2OS.C7H5BrN2OS.C7H8O3S.C5H3BrN2S.C5H8O.C4H9.CH2O3.B.2K.Li.Na.2H/c1-15(9-11-21(26)28-22(2,3)4)8-10-17(25)18-13-16-19(29-18)14-23-24(16)20-7-5-6-12-27-20;2*1-7-2-3-8(12-5-7)10-4-9-11(15-10)6-13-14-9;1-8-5-6-9(13)12(7-8)10(14)15-11(2,3)4;11-9-5-7-8(15-9)6-12-13(7)10-3-1-2-4-14-10;1-4(11)10-5-2-7(8)12-6(5)3-9-10;1-6-2-4-7(5-3-6)11(8,9)10;6-5-1-3-4(9-5)2-7-8-3;1-2-4-6-5-3-1;1-3-4-2;2-1-4-3;;;;;;;/h13-15,20H,5-12H2,1-4H3;4,6-8,12H,2-3,5H2,1H3,(H,13,14);4,6-7H,2-3,5H2,1H3,(H,13,14);8H,5-7H2,1-4H3;5-6,10H,1-4H2;2-3H,1H3;2-5H,1H3,(H,8,9,10);1-2H,(H,7,8);2,4H,1,3,5H2;1,3-4H2,2H3;1,3H;;;;;;;/q;;;;;;;;;-1;;;4*+1;2*-1/p-1/t;7-,8+;;;;;;;;;;;;;;;;/m.0................/s1. The van der Waals surface area contributed by atoms with Crippen molar-refractivity contribution >= 4 is 237 Å². The van der Waals surface area contributed by atoms with Gasteiger partial charge in [0.2, 0.25) is 11.8 Å². The van der Waals surface area contributed by atoms with Crippen molar-refractivity contribution in [2.24, 2.45) is 28.7 Å². The molecule has 6 aliphatic rings. The molecule has 6 aliphatic heterocycles. The van der Waals surface area contributed by atoms with Crippen molar-refractivity contribution in [2.45, 2.75) is 253 Å². The van der Waals surface area contributed by atoms with Gasteiger partial charge in [0, 0.05) is 71.8 Å². The molecule has 0 saturated carbocycles. The first-order chi connectivity index (χ1) is 64.4. The Morgan fingerprint density at radius 1 is 0.664 bits per heavy atom. The van der Waals surface area contributed by atoms with Crippen LogP contribution in [0.5, 0.6) is 0 Å². The van der Waals surface area contributed by atoms with Crippen molar-refractivity contribution in [3.8, 4) is 0 Å². The number of esters is 1. The second-order valence-corrected chi connectivity index (χ2v) is 47.3. The van der Waals surface area contributed by atoms with Crippen molar-refractivity contribution in [2.75, 3.05) is 39.5 Å². The van der Waals surface area contributed by atoms with E-state index in [1.54, 1.807) is 90.7 Å². The summed E-state index contributed by atoms with van der Waals surface area (Å²) in [7, 11) is -4.02. The van der Waals surface area contributed by atoms with Gasteiger partial charge in [-0.3, -0.25) is 48.8 Å². The molecule has 7 atom stereocenters. The van der Waals surface area contributed by atoms with Crippen molar-refractivity contribution in [1.29, 1.82) is 0 Å². The number of unbranched alkanes of at least 4 members (excludes halogenated alkanes) is 1. The number of aliphatic imine (C=N–C) groups is 1. The molecular weight excluding hydrogens is 2180 g/mol. The number of allylic oxidation sites excluding steroid dienone is 1. The van der Waals surface area contributed by atoms with E-state index in [1.807, 2.05) is 111 Å². The number of carbonyl (C=O) groups excluding carboxylic acids is 6. The number of halogens is 3. The number of thiophene rings is 6. The maximum atomic E-state index is 12.7. The van der Waals surface area contributed by atoms with E-state index >= 15 is 0 Å². The molecule has 12 aromatic heterocycles. The van der Waals surface area contributed by atoms with Gasteiger partial charge in [0.25, 0.3) is 16.6 Å². The van der Waals surface area contributed by atoms with E-state index in [0.717, 1.165) is 156 Å². The summed E-state index contributed by atoms with van der Waals surface area (Å²) >= 11 is 20.3. The molecule has 3 radical (unpaired) electrons. The number of rotatable bonds is 14. The van der Waals surface area contributed by atoms with Gasteiger partial charge in [-0.2, -0.15) is 50.1 Å². The van der Waals surface area contributed by atoms with Crippen LogP contribution in [0.15, 0.2) is 131 Å². The minimum Gasteiger partial charge on any atom is -1.00 e. The van der Waals surface area contributed by atoms with Crippen LogP contribution in [0.2, 0.25) is 0 Å². The third-order valence-corrected chi connectivity index (χ3v) is 30.2. The van der Waals surface area contributed by atoms with E-state index in [9.17, 15) is 32.4 Å². The SMILES string of the molecule is Brc1cc2[nH]ncc2s1.Brc1cc2c(cnn2C2CCCCO2)s1.C1=COCCC1.CC(=O)n1ncc2sc(Br)cc21.CC(CCC(=O)OC(C)(C)C)CCC(=O)c1cc2c(cnn2C2CCCCO2)s1.CC1CCC(=O)N(C(=O)OC(C)(C)C)C1.CC1CCC(c2cc3[nH]ncc3s2)=NC1.C[C@H]1CC[C@H](c2cc3[nH]ncc3s2)NC1.Cc1ccc(S(=O)(=O)O)cc1.O=CO[O-].[B].[CH2-]CCC.[H-].[H-].[K+].[K+].[Li+].[Na+]. The zero-order valence-corrected chi connectivity index (χ0v) is 102. The predicted octanol–water partition coefficient (Wildman–Crippen LogP) is 12.2. The Labute approximate surface area is 993 Å². The first kappa shape index (κ1) is 129. The van der Waals surface area contributed by atoms with Crippen molar-refractivity contribution < 1.29 is 230 Å².